The number of hydrogen-bond acceptors (Lipinski definition) is 1. The van der Waals surface area contributed by atoms with E-state index in [1.807, 2.05) is 12.1 Å². The van der Waals surface area contributed by atoms with Crippen LogP contribution in [0.15, 0.2) is 24.4 Å². The highest BCUT2D eigenvalue weighted by atomic mass is 35.5. The number of aromatic nitrogens is 1. The van der Waals surface area contributed by atoms with Crippen molar-refractivity contribution >= 4 is 22.5 Å². The Morgan fingerprint density at radius 3 is 2.81 bits per heavy atom. The fourth-order valence-electron chi connectivity index (χ4n) is 4.49. The standard InChI is InChI=1S/C18H23ClN2/c1-18(2)13-8-12(9-14(13)18)20-7-6-11-10-21-16-5-3-4-15(19)17(11)16/h3-5,10,12-14,20-21H,6-9H2,1-2H3/t12?,13-,14+. The van der Waals surface area contributed by atoms with Crippen molar-refractivity contribution in [3.8, 4) is 0 Å². The summed E-state index contributed by atoms with van der Waals surface area (Å²) < 4.78 is 0. The van der Waals surface area contributed by atoms with Crippen LogP contribution in [-0.4, -0.2) is 17.6 Å². The fraction of sp³-hybridized carbons (Fsp3) is 0.556. The molecule has 4 rings (SSSR count). The molecular weight excluding hydrogens is 280 g/mol. The van der Waals surface area contributed by atoms with Gasteiger partial charge in [-0.05, 0) is 60.8 Å². The van der Waals surface area contributed by atoms with E-state index in [1.54, 1.807) is 0 Å². The summed E-state index contributed by atoms with van der Waals surface area (Å²) in [5.74, 6) is 1.94. The topological polar surface area (TPSA) is 27.8 Å². The van der Waals surface area contributed by atoms with Crippen molar-refractivity contribution in [1.82, 2.24) is 10.3 Å². The van der Waals surface area contributed by atoms with Gasteiger partial charge in [-0.1, -0.05) is 31.5 Å². The highest BCUT2D eigenvalue weighted by Gasteiger charge is 2.61. The van der Waals surface area contributed by atoms with E-state index in [1.165, 1.54) is 23.8 Å². The zero-order valence-electron chi connectivity index (χ0n) is 12.7. The molecule has 1 aromatic heterocycles. The third-order valence-corrected chi connectivity index (χ3v) is 6.24. The Bertz CT molecular complexity index is 659. The van der Waals surface area contributed by atoms with E-state index >= 15 is 0 Å². The summed E-state index contributed by atoms with van der Waals surface area (Å²) in [6.45, 7) is 5.89. The van der Waals surface area contributed by atoms with Gasteiger partial charge < -0.3 is 10.3 Å². The minimum atomic E-state index is 0.628. The molecule has 2 N–H and O–H groups in total. The molecule has 2 aromatic rings. The van der Waals surface area contributed by atoms with Crippen molar-refractivity contribution in [2.45, 2.75) is 39.2 Å². The average Bonchev–Trinajstić information content (AvgIpc) is 2.87. The summed E-state index contributed by atoms with van der Waals surface area (Å²) in [4.78, 5) is 3.32. The van der Waals surface area contributed by atoms with Gasteiger partial charge >= 0.3 is 0 Å². The number of H-pyrrole nitrogens is 1. The summed E-state index contributed by atoms with van der Waals surface area (Å²) >= 11 is 6.33. The van der Waals surface area contributed by atoms with Gasteiger partial charge in [0, 0.05) is 23.1 Å². The van der Waals surface area contributed by atoms with Gasteiger partial charge in [-0.15, -0.1) is 0 Å². The Balaban J connectivity index is 1.35. The van der Waals surface area contributed by atoms with Crippen molar-refractivity contribution < 1.29 is 0 Å². The normalized spacial score (nSPS) is 29.8. The van der Waals surface area contributed by atoms with Gasteiger partial charge in [0.25, 0.3) is 0 Å². The average molecular weight is 303 g/mol. The first-order chi connectivity index (χ1) is 10.1. The van der Waals surface area contributed by atoms with Crippen LogP contribution >= 0.6 is 11.6 Å². The summed E-state index contributed by atoms with van der Waals surface area (Å²) in [6, 6.07) is 6.79. The van der Waals surface area contributed by atoms with Crippen molar-refractivity contribution in [1.29, 1.82) is 0 Å². The maximum Gasteiger partial charge on any atom is 0.0502 e. The molecule has 2 nitrogen and oxygen atoms in total. The second-order valence-electron chi connectivity index (χ2n) is 7.38. The SMILES string of the molecule is CC1(C)[C@@H]2CC(NCCc3c[nH]c4cccc(Cl)c34)C[C@@H]21. The molecule has 21 heavy (non-hydrogen) atoms. The van der Waals surface area contributed by atoms with Crippen LogP contribution in [0, 0.1) is 17.3 Å². The molecule has 2 aliphatic carbocycles. The largest absolute Gasteiger partial charge is 0.361 e. The Hall–Kier alpha value is -0.990. The lowest BCUT2D eigenvalue weighted by Gasteiger charge is -2.18. The molecule has 112 valence electrons. The molecule has 0 bridgehead atoms. The predicted octanol–water partition coefficient (Wildman–Crippen LogP) is 4.39. The number of halogens is 1. The van der Waals surface area contributed by atoms with Crippen molar-refractivity contribution in [2.75, 3.05) is 6.54 Å². The van der Waals surface area contributed by atoms with E-state index in [2.05, 4.69) is 36.4 Å². The Morgan fingerprint density at radius 2 is 2.05 bits per heavy atom. The van der Waals surface area contributed by atoms with Crippen LogP contribution in [0.4, 0.5) is 0 Å². The highest BCUT2D eigenvalue weighted by Crippen LogP contribution is 2.66. The third kappa shape index (κ3) is 2.20. The van der Waals surface area contributed by atoms with Crippen LogP contribution in [0.25, 0.3) is 10.9 Å². The molecule has 0 spiro atoms. The molecular formula is C18H23ClN2. The predicted molar refractivity (Wildman–Crippen MR) is 88.8 cm³/mol. The van der Waals surface area contributed by atoms with E-state index in [4.69, 9.17) is 11.6 Å². The van der Waals surface area contributed by atoms with Gasteiger partial charge in [-0.3, -0.25) is 0 Å². The van der Waals surface area contributed by atoms with Crippen LogP contribution in [0.5, 0.6) is 0 Å². The molecule has 3 heteroatoms. The summed E-state index contributed by atoms with van der Waals surface area (Å²) in [7, 11) is 0. The molecule has 0 radical (unpaired) electrons. The smallest absolute Gasteiger partial charge is 0.0502 e. The molecule has 1 aromatic carbocycles. The Morgan fingerprint density at radius 1 is 1.29 bits per heavy atom. The first-order valence-corrected chi connectivity index (χ1v) is 8.43. The molecule has 3 atom stereocenters. The molecule has 1 unspecified atom stereocenters. The minimum Gasteiger partial charge on any atom is -0.361 e. The zero-order chi connectivity index (χ0) is 14.6. The van der Waals surface area contributed by atoms with Crippen LogP contribution in [0.2, 0.25) is 5.02 Å². The molecule has 0 amide bonds. The first kappa shape index (κ1) is 13.7. The number of benzene rings is 1. The van der Waals surface area contributed by atoms with Gasteiger partial charge in [0.1, 0.15) is 0 Å². The van der Waals surface area contributed by atoms with Gasteiger partial charge in [-0.2, -0.15) is 0 Å². The molecule has 2 fully saturated rings. The first-order valence-electron chi connectivity index (χ1n) is 8.05. The van der Waals surface area contributed by atoms with Crippen molar-refractivity contribution in [2.24, 2.45) is 17.3 Å². The maximum atomic E-state index is 6.33. The molecule has 1 heterocycles. The molecule has 2 aliphatic rings. The van der Waals surface area contributed by atoms with E-state index in [-0.39, 0.29) is 0 Å². The lowest BCUT2D eigenvalue weighted by atomic mass is 9.98. The lowest BCUT2D eigenvalue weighted by Crippen LogP contribution is -2.30. The quantitative estimate of drug-likeness (QED) is 0.861. The van der Waals surface area contributed by atoms with E-state index < -0.39 is 0 Å². The Kier molecular flexibility index (Phi) is 3.09. The monoisotopic (exact) mass is 302 g/mol. The third-order valence-electron chi connectivity index (χ3n) is 5.93. The van der Waals surface area contributed by atoms with E-state index in [9.17, 15) is 0 Å². The van der Waals surface area contributed by atoms with Crippen molar-refractivity contribution in [3.63, 3.8) is 0 Å². The number of aromatic amines is 1. The van der Waals surface area contributed by atoms with Gasteiger partial charge in [0.15, 0.2) is 0 Å². The van der Waals surface area contributed by atoms with E-state index in [0.717, 1.165) is 41.4 Å². The molecule has 2 saturated carbocycles. The lowest BCUT2D eigenvalue weighted by molar-refractivity contribution is 0.387. The Labute approximate surface area is 131 Å². The van der Waals surface area contributed by atoms with Gasteiger partial charge in [0.05, 0.1) is 5.02 Å². The van der Waals surface area contributed by atoms with Crippen LogP contribution < -0.4 is 5.32 Å². The number of nitrogens with one attached hydrogen (secondary N) is 2. The van der Waals surface area contributed by atoms with Gasteiger partial charge in [-0.25, -0.2) is 0 Å². The van der Waals surface area contributed by atoms with Crippen LogP contribution in [0.3, 0.4) is 0 Å². The highest BCUT2D eigenvalue weighted by molar-refractivity contribution is 6.35. The number of hydrogen-bond donors (Lipinski definition) is 2. The molecule has 0 saturated heterocycles. The molecule has 0 aliphatic heterocycles. The van der Waals surface area contributed by atoms with Crippen LogP contribution in [-0.2, 0) is 6.42 Å². The summed E-state index contributed by atoms with van der Waals surface area (Å²) in [6.07, 6.45) is 5.88. The van der Waals surface area contributed by atoms with Crippen LogP contribution in [0.1, 0.15) is 32.3 Å². The van der Waals surface area contributed by atoms with Gasteiger partial charge in [0.2, 0.25) is 0 Å². The second-order valence-corrected chi connectivity index (χ2v) is 7.79. The fourth-order valence-corrected chi connectivity index (χ4v) is 4.78. The number of fused-ring (bicyclic) bond motifs is 2. The number of rotatable bonds is 4. The second kappa shape index (κ2) is 4.76. The van der Waals surface area contributed by atoms with Crippen molar-refractivity contribution in [3.05, 3.63) is 35.0 Å². The minimum absolute atomic E-state index is 0.628. The summed E-state index contributed by atoms with van der Waals surface area (Å²) in [5, 5.41) is 5.79. The summed E-state index contributed by atoms with van der Waals surface area (Å²) in [5.41, 5.74) is 3.09. The van der Waals surface area contributed by atoms with E-state index in [0.29, 0.717) is 5.41 Å². The maximum absolute atomic E-state index is 6.33. The zero-order valence-corrected chi connectivity index (χ0v) is 13.5.